The lowest BCUT2D eigenvalue weighted by Gasteiger charge is -2.34. The van der Waals surface area contributed by atoms with Crippen LogP contribution in [0.3, 0.4) is 0 Å². The minimum Gasteiger partial charge on any atom is -0.346 e. The van der Waals surface area contributed by atoms with Gasteiger partial charge in [-0.05, 0) is 45.1 Å². The molecule has 3 nitrogen and oxygen atoms in total. The lowest BCUT2D eigenvalue weighted by Crippen LogP contribution is -2.32. The first-order chi connectivity index (χ1) is 9.91. The molecule has 1 aliphatic rings. The van der Waals surface area contributed by atoms with E-state index >= 15 is 0 Å². The summed E-state index contributed by atoms with van der Waals surface area (Å²) in [6.07, 6.45) is 3.49. The van der Waals surface area contributed by atoms with Crippen LogP contribution in [0.1, 0.15) is 71.0 Å². The Morgan fingerprint density at radius 2 is 2.10 bits per heavy atom. The second-order valence-corrected chi connectivity index (χ2v) is 8.02. The highest BCUT2D eigenvalue weighted by atomic mass is 32.1. The molecule has 1 aromatic heterocycles. The molecule has 1 N–H and O–H groups in total. The molecule has 0 amide bonds. The lowest BCUT2D eigenvalue weighted by molar-refractivity contribution is 0.260. The molecule has 0 aromatic carbocycles. The standard InChI is InChI=1S/C17H31N3S/c1-7-12(4)20(9-3)16-19-14-11-17(5,6)10-13(18-8-2)15(14)21-16/h12-13,18H,7-11H2,1-6H3. The molecule has 0 saturated carbocycles. The zero-order valence-electron chi connectivity index (χ0n) is 14.5. The van der Waals surface area contributed by atoms with Gasteiger partial charge in [-0.15, -0.1) is 0 Å². The molecule has 1 heterocycles. The summed E-state index contributed by atoms with van der Waals surface area (Å²) in [6, 6.07) is 1.05. The van der Waals surface area contributed by atoms with Gasteiger partial charge >= 0.3 is 0 Å². The Bertz CT molecular complexity index is 467. The van der Waals surface area contributed by atoms with Crippen LogP contribution in [0.15, 0.2) is 0 Å². The van der Waals surface area contributed by atoms with Gasteiger partial charge in [0, 0.05) is 23.5 Å². The van der Waals surface area contributed by atoms with Crippen molar-refractivity contribution in [3.05, 3.63) is 10.6 Å². The Morgan fingerprint density at radius 3 is 2.67 bits per heavy atom. The summed E-state index contributed by atoms with van der Waals surface area (Å²) < 4.78 is 0. The lowest BCUT2D eigenvalue weighted by atomic mass is 9.76. The van der Waals surface area contributed by atoms with Crippen molar-refractivity contribution in [2.24, 2.45) is 5.41 Å². The molecule has 0 spiro atoms. The van der Waals surface area contributed by atoms with E-state index in [1.165, 1.54) is 28.5 Å². The smallest absolute Gasteiger partial charge is 0.186 e. The van der Waals surface area contributed by atoms with Crippen molar-refractivity contribution in [2.75, 3.05) is 18.0 Å². The average molecular weight is 310 g/mol. The van der Waals surface area contributed by atoms with Crippen LogP contribution in [0.4, 0.5) is 5.13 Å². The fourth-order valence-electron chi connectivity index (χ4n) is 3.31. The van der Waals surface area contributed by atoms with E-state index in [2.05, 4.69) is 51.8 Å². The minimum atomic E-state index is 0.346. The Kier molecular flexibility index (Phi) is 5.31. The Morgan fingerprint density at radius 1 is 1.38 bits per heavy atom. The van der Waals surface area contributed by atoms with E-state index < -0.39 is 0 Å². The molecular formula is C17H31N3S. The minimum absolute atomic E-state index is 0.346. The van der Waals surface area contributed by atoms with E-state index in [9.17, 15) is 0 Å². The van der Waals surface area contributed by atoms with E-state index in [0.29, 0.717) is 17.5 Å². The van der Waals surface area contributed by atoms with Crippen LogP contribution < -0.4 is 10.2 Å². The van der Waals surface area contributed by atoms with E-state index in [-0.39, 0.29) is 0 Å². The molecule has 4 heteroatoms. The molecule has 120 valence electrons. The van der Waals surface area contributed by atoms with Crippen LogP contribution in [-0.4, -0.2) is 24.1 Å². The molecule has 21 heavy (non-hydrogen) atoms. The highest BCUT2D eigenvalue weighted by Gasteiger charge is 2.35. The van der Waals surface area contributed by atoms with Crippen LogP contribution in [0.5, 0.6) is 0 Å². The molecule has 0 bridgehead atoms. The van der Waals surface area contributed by atoms with Crippen molar-refractivity contribution in [3.63, 3.8) is 0 Å². The van der Waals surface area contributed by atoms with Crippen LogP contribution in [0.2, 0.25) is 0 Å². The van der Waals surface area contributed by atoms with Gasteiger partial charge in [0.15, 0.2) is 5.13 Å². The number of nitrogens with one attached hydrogen (secondary N) is 1. The van der Waals surface area contributed by atoms with Crippen LogP contribution in [-0.2, 0) is 6.42 Å². The molecule has 0 saturated heterocycles. The van der Waals surface area contributed by atoms with Crippen LogP contribution in [0, 0.1) is 5.41 Å². The van der Waals surface area contributed by atoms with Crippen molar-refractivity contribution in [1.29, 1.82) is 0 Å². The van der Waals surface area contributed by atoms with E-state index in [1.54, 1.807) is 0 Å². The van der Waals surface area contributed by atoms with Crippen molar-refractivity contribution < 1.29 is 0 Å². The number of rotatable bonds is 6. The monoisotopic (exact) mass is 309 g/mol. The predicted octanol–water partition coefficient (Wildman–Crippen LogP) is 4.39. The first kappa shape index (κ1) is 16.8. The van der Waals surface area contributed by atoms with Gasteiger partial charge in [-0.3, -0.25) is 0 Å². The largest absolute Gasteiger partial charge is 0.346 e. The highest BCUT2D eigenvalue weighted by Crippen LogP contribution is 2.45. The molecule has 0 fully saturated rings. The van der Waals surface area contributed by atoms with Gasteiger partial charge in [0.1, 0.15) is 0 Å². The third-order valence-electron chi connectivity index (χ3n) is 4.60. The van der Waals surface area contributed by atoms with Gasteiger partial charge in [-0.2, -0.15) is 0 Å². The summed E-state index contributed by atoms with van der Waals surface area (Å²) in [4.78, 5) is 8.96. The molecule has 1 aromatic rings. The topological polar surface area (TPSA) is 28.2 Å². The molecule has 2 atom stereocenters. The maximum absolute atomic E-state index is 5.02. The normalized spacial score (nSPS) is 21.9. The van der Waals surface area contributed by atoms with E-state index in [0.717, 1.165) is 19.5 Å². The zero-order chi connectivity index (χ0) is 15.6. The number of aromatic nitrogens is 1. The summed E-state index contributed by atoms with van der Waals surface area (Å²) in [7, 11) is 0. The molecule has 2 rings (SSSR count). The van der Waals surface area contributed by atoms with Crippen LogP contribution >= 0.6 is 11.3 Å². The molecule has 0 radical (unpaired) electrons. The number of anilines is 1. The first-order valence-corrected chi connectivity index (χ1v) is 9.23. The van der Waals surface area contributed by atoms with Gasteiger partial charge in [-0.1, -0.05) is 39.0 Å². The van der Waals surface area contributed by atoms with E-state index in [1.807, 2.05) is 11.3 Å². The van der Waals surface area contributed by atoms with Crippen molar-refractivity contribution in [3.8, 4) is 0 Å². The van der Waals surface area contributed by atoms with E-state index in [4.69, 9.17) is 4.98 Å². The second-order valence-electron chi connectivity index (χ2n) is 7.01. The Hall–Kier alpha value is -0.610. The number of nitrogens with zero attached hydrogens (tertiary/aromatic N) is 2. The molecule has 1 aliphatic carbocycles. The van der Waals surface area contributed by atoms with Crippen molar-refractivity contribution >= 4 is 16.5 Å². The predicted molar refractivity (Wildman–Crippen MR) is 93.4 cm³/mol. The third kappa shape index (κ3) is 3.59. The Balaban J connectivity index is 2.33. The van der Waals surface area contributed by atoms with Gasteiger partial charge in [0.2, 0.25) is 0 Å². The van der Waals surface area contributed by atoms with Crippen molar-refractivity contribution in [2.45, 2.75) is 72.9 Å². The number of fused-ring (bicyclic) bond motifs is 1. The van der Waals surface area contributed by atoms with Crippen LogP contribution in [0.25, 0.3) is 0 Å². The molecule has 2 unspecified atom stereocenters. The maximum Gasteiger partial charge on any atom is 0.186 e. The first-order valence-electron chi connectivity index (χ1n) is 8.41. The maximum atomic E-state index is 5.02. The zero-order valence-corrected chi connectivity index (χ0v) is 15.3. The summed E-state index contributed by atoms with van der Waals surface area (Å²) >= 11 is 1.91. The molecule has 0 aliphatic heterocycles. The van der Waals surface area contributed by atoms with Gasteiger partial charge < -0.3 is 10.2 Å². The Labute approximate surface area is 134 Å². The fraction of sp³-hybridized carbons (Fsp3) is 0.824. The highest BCUT2D eigenvalue weighted by molar-refractivity contribution is 7.15. The fourth-order valence-corrected chi connectivity index (χ4v) is 4.63. The number of thiazole rings is 1. The quantitative estimate of drug-likeness (QED) is 0.844. The molecular weight excluding hydrogens is 278 g/mol. The summed E-state index contributed by atoms with van der Waals surface area (Å²) in [5, 5.41) is 4.88. The van der Waals surface area contributed by atoms with Gasteiger partial charge in [0.25, 0.3) is 0 Å². The SMILES string of the molecule is CCNC1CC(C)(C)Cc2nc(N(CC)C(C)CC)sc21. The number of hydrogen-bond acceptors (Lipinski definition) is 4. The number of hydrogen-bond donors (Lipinski definition) is 1. The van der Waals surface area contributed by atoms with Gasteiger partial charge in [0.05, 0.1) is 5.69 Å². The summed E-state index contributed by atoms with van der Waals surface area (Å²) in [5.74, 6) is 0. The van der Waals surface area contributed by atoms with Gasteiger partial charge in [-0.25, -0.2) is 4.98 Å². The second kappa shape index (κ2) is 6.66. The summed E-state index contributed by atoms with van der Waals surface area (Å²) in [6.45, 7) is 15.8. The third-order valence-corrected chi connectivity index (χ3v) is 5.84. The summed E-state index contributed by atoms with van der Waals surface area (Å²) in [5.41, 5.74) is 1.68. The average Bonchev–Trinajstić information content (AvgIpc) is 2.81. The van der Waals surface area contributed by atoms with Crippen molar-refractivity contribution in [1.82, 2.24) is 10.3 Å².